The molecule has 4 heteroatoms. The normalized spacial score (nSPS) is 12.4. The van der Waals surface area contributed by atoms with Crippen molar-refractivity contribution in [3.63, 3.8) is 0 Å². The van der Waals surface area contributed by atoms with Crippen molar-refractivity contribution in [3.05, 3.63) is 59.2 Å². The summed E-state index contributed by atoms with van der Waals surface area (Å²) in [7, 11) is 0. The van der Waals surface area contributed by atoms with Crippen molar-refractivity contribution < 1.29 is 14.3 Å². The predicted octanol–water partition coefficient (Wildman–Crippen LogP) is 4.56. The summed E-state index contributed by atoms with van der Waals surface area (Å²) in [4.78, 5) is 12.2. The highest BCUT2D eigenvalue weighted by molar-refractivity contribution is 5.80. The maximum absolute atomic E-state index is 12.2. The van der Waals surface area contributed by atoms with Gasteiger partial charge in [0.2, 0.25) is 0 Å². The van der Waals surface area contributed by atoms with Gasteiger partial charge in [0.25, 0.3) is 5.91 Å². The van der Waals surface area contributed by atoms with Crippen LogP contribution >= 0.6 is 0 Å². The summed E-state index contributed by atoms with van der Waals surface area (Å²) in [5.41, 5.74) is 3.62. The number of benzene rings is 2. The molecule has 2 aromatic rings. The fourth-order valence-corrected chi connectivity index (χ4v) is 2.73. The molecule has 1 N–H and O–H groups in total. The number of amides is 1. The molecular weight excluding hydrogens is 338 g/mol. The topological polar surface area (TPSA) is 47.6 Å². The number of hydrogen-bond donors (Lipinski definition) is 1. The third kappa shape index (κ3) is 6.31. The van der Waals surface area contributed by atoms with Gasteiger partial charge in [-0.25, -0.2) is 0 Å². The molecular formula is C23H31NO3. The standard InChI is InChI=1S/C23H31NO3/c1-16-7-12-21(17(2)15-16)26-14-13-24-22(25)18(3)27-20-10-8-19(9-11-20)23(4,5)6/h7-12,15,18H,13-14H2,1-6H3,(H,24,25)/t18-/m1/s1. The first-order valence-electron chi connectivity index (χ1n) is 9.42. The van der Waals surface area contributed by atoms with Crippen molar-refractivity contribution in [1.82, 2.24) is 5.32 Å². The van der Waals surface area contributed by atoms with Gasteiger partial charge in [-0.15, -0.1) is 0 Å². The van der Waals surface area contributed by atoms with Gasteiger partial charge in [0.05, 0.1) is 6.54 Å². The van der Waals surface area contributed by atoms with E-state index in [1.54, 1.807) is 6.92 Å². The van der Waals surface area contributed by atoms with Crippen LogP contribution in [0.3, 0.4) is 0 Å². The Kier molecular flexibility index (Phi) is 6.89. The molecule has 1 amide bonds. The molecule has 146 valence electrons. The van der Waals surface area contributed by atoms with Crippen LogP contribution in [-0.2, 0) is 10.2 Å². The molecule has 0 saturated carbocycles. The van der Waals surface area contributed by atoms with Gasteiger partial charge >= 0.3 is 0 Å². The number of ether oxygens (including phenoxy) is 2. The van der Waals surface area contributed by atoms with Gasteiger partial charge in [0.15, 0.2) is 6.10 Å². The van der Waals surface area contributed by atoms with E-state index in [0.717, 1.165) is 11.3 Å². The highest BCUT2D eigenvalue weighted by Crippen LogP contribution is 2.24. The molecule has 1 atom stereocenters. The zero-order chi connectivity index (χ0) is 20.0. The first-order chi connectivity index (χ1) is 12.7. The lowest BCUT2D eigenvalue weighted by Gasteiger charge is -2.20. The van der Waals surface area contributed by atoms with Crippen LogP contribution in [0, 0.1) is 13.8 Å². The second kappa shape index (κ2) is 8.94. The van der Waals surface area contributed by atoms with Crippen molar-refractivity contribution in [2.24, 2.45) is 0 Å². The molecule has 0 aliphatic rings. The van der Waals surface area contributed by atoms with Crippen molar-refractivity contribution in [1.29, 1.82) is 0 Å². The summed E-state index contributed by atoms with van der Waals surface area (Å²) in [6, 6.07) is 14.0. The van der Waals surface area contributed by atoms with Crippen LogP contribution in [0.4, 0.5) is 0 Å². The third-order valence-corrected chi connectivity index (χ3v) is 4.39. The number of rotatable bonds is 7. The number of aryl methyl sites for hydroxylation is 2. The first-order valence-corrected chi connectivity index (χ1v) is 9.42. The number of carbonyl (C=O) groups excluding carboxylic acids is 1. The van der Waals surface area contributed by atoms with Crippen LogP contribution in [0.15, 0.2) is 42.5 Å². The first kappa shape index (κ1) is 20.8. The molecule has 2 aromatic carbocycles. The Labute approximate surface area is 162 Å². The van der Waals surface area contributed by atoms with Gasteiger partial charge < -0.3 is 14.8 Å². The molecule has 0 aliphatic heterocycles. The Morgan fingerprint density at radius 1 is 1.07 bits per heavy atom. The van der Waals surface area contributed by atoms with E-state index >= 15 is 0 Å². The lowest BCUT2D eigenvalue weighted by Crippen LogP contribution is -2.38. The highest BCUT2D eigenvalue weighted by Gasteiger charge is 2.16. The van der Waals surface area contributed by atoms with Gasteiger partial charge in [0.1, 0.15) is 18.1 Å². The quantitative estimate of drug-likeness (QED) is 0.728. The molecule has 0 spiro atoms. The molecule has 2 rings (SSSR count). The van der Waals surface area contributed by atoms with Gasteiger partial charge in [-0.05, 0) is 55.5 Å². The second-order valence-electron chi connectivity index (χ2n) is 7.94. The molecule has 0 heterocycles. The molecule has 4 nitrogen and oxygen atoms in total. The van der Waals surface area contributed by atoms with E-state index in [4.69, 9.17) is 9.47 Å². The molecule has 0 radical (unpaired) electrons. The zero-order valence-electron chi connectivity index (χ0n) is 17.3. The Morgan fingerprint density at radius 2 is 1.74 bits per heavy atom. The second-order valence-corrected chi connectivity index (χ2v) is 7.94. The zero-order valence-corrected chi connectivity index (χ0v) is 17.3. The van der Waals surface area contributed by atoms with Crippen molar-refractivity contribution >= 4 is 5.91 Å². The van der Waals surface area contributed by atoms with E-state index in [0.29, 0.717) is 18.9 Å². The molecule has 0 fully saturated rings. The fourth-order valence-electron chi connectivity index (χ4n) is 2.73. The van der Waals surface area contributed by atoms with E-state index in [-0.39, 0.29) is 11.3 Å². The summed E-state index contributed by atoms with van der Waals surface area (Å²) in [5, 5.41) is 2.85. The smallest absolute Gasteiger partial charge is 0.260 e. The van der Waals surface area contributed by atoms with E-state index < -0.39 is 6.10 Å². The maximum atomic E-state index is 12.2. The molecule has 0 saturated heterocycles. The van der Waals surface area contributed by atoms with Crippen LogP contribution in [0.1, 0.15) is 44.4 Å². The van der Waals surface area contributed by atoms with Crippen LogP contribution in [0.2, 0.25) is 0 Å². The van der Waals surface area contributed by atoms with Gasteiger partial charge in [-0.2, -0.15) is 0 Å². The minimum atomic E-state index is -0.563. The maximum Gasteiger partial charge on any atom is 0.260 e. The Balaban J connectivity index is 1.76. The lowest BCUT2D eigenvalue weighted by molar-refractivity contribution is -0.127. The van der Waals surface area contributed by atoms with Crippen LogP contribution in [-0.4, -0.2) is 25.2 Å². The number of carbonyl (C=O) groups is 1. The van der Waals surface area contributed by atoms with E-state index in [2.05, 4.69) is 39.1 Å². The van der Waals surface area contributed by atoms with E-state index in [9.17, 15) is 4.79 Å². The fraction of sp³-hybridized carbons (Fsp3) is 0.435. The third-order valence-electron chi connectivity index (χ3n) is 4.39. The largest absolute Gasteiger partial charge is 0.491 e. The summed E-state index contributed by atoms with van der Waals surface area (Å²) < 4.78 is 11.5. The minimum Gasteiger partial charge on any atom is -0.491 e. The van der Waals surface area contributed by atoms with Crippen molar-refractivity contribution in [2.75, 3.05) is 13.2 Å². The minimum absolute atomic E-state index is 0.0946. The summed E-state index contributed by atoms with van der Waals surface area (Å²) in [6.45, 7) is 13.2. The average Bonchev–Trinajstić information content (AvgIpc) is 2.59. The lowest BCUT2D eigenvalue weighted by atomic mass is 9.87. The van der Waals surface area contributed by atoms with Gasteiger partial charge in [0, 0.05) is 0 Å². The van der Waals surface area contributed by atoms with E-state index in [1.807, 2.05) is 43.3 Å². The summed E-state index contributed by atoms with van der Waals surface area (Å²) in [5.74, 6) is 1.38. The molecule has 0 aromatic heterocycles. The number of nitrogens with one attached hydrogen (secondary N) is 1. The SMILES string of the molecule is Cc1ccc(OCCNC(=O)[C@@H](C)Oc2ccc(C(C)(C)C)cc2)c(C)c1. The predicted molar refractivity (Wildman–Crippen MR) is 110 cm³/mol. The van der Waals surface area contributed by atoms with Gasteiger partial charge in [-0.3, -0.25) is 4.79 Å². The van der Waals surface area contributed by atoms with Crippen LogP contribution in [0.25, 0.3) is 0 Å². The highest BCUT2D eigenvalue weighted by atomic mass is 16.5. The van der Waals surface area contributed by atoms with Crippen molar-refractivity contribution in [2.45, 2.75) is 53.1 Å². The molecule has 0 aliphatic carbocycles. The molecule has 27 heavy (non-hydrogen) atoms. The molecule has 0 unspecified atom stereocenters. The van der Waals surface area contributed by atoms with Gasteiger partial charge in [-0.1, -0.05) is 50.6 Å². The monoisotopic (exact) mass is 369 g/mol. The number of hydrogen-bond acceptors (Lipinski definition) is 3. The van der Waals surface area contributed by atoms with Crippen molar-refractivity contribution in [3.8, 4) is 11.5 Å². The summed E-state index contributed by atoms with van der Waals surface area (Å²) >= 11 is 0. The van der Waals surface area contributed by atoms with Crippen LogP contribution in [0.5, 0.6) is 11.5 Å². The Morgan fingerprint density at radius 3 is 2.33 bits per heavy atom. The Hall–Kier alpha value is -2.49. The average molecular weight is 370 g/mol. The Bertz CT molecular complexity index is 760. The summed E-state index contributed by atoms with van der Waals surface area (Å²) in [6.07, 6.45) is -0.563. The van der Waals surface area contributed by atoms with E-state index in [1.165, 1.54) is 11.1 Å². The molecule has 0 bridgehead atoms. The van der Waals surface area contributed by atoms with Crippen LogP contribution < -0.4 is 14.8 Å².